The van der Waals surface area contributed by atoms with Gasteiger partial charge in [-0.2, -0.15) is 0 Å². The number of nitrogens with zero attached hydrogens (tertiary/aromatic N) is 1. The van der Waals surface area contributed by atoms with Crippen LogP contribution in [0, 0.1) is 0 Å². The Morgan fingerprint density at radius 2 is 1.88 bits per heavy atom. The maximum atomic E-state index is 12.2. The number of hydrogen-bond donors (Lipinski definition) is 1. The maximum Gasteiger partial charge on any atom is 0.230 e. The smallest absolute Gasteiger partial charge is 0.230 e. The average molecular weight is 369 g/mol. The minimum Gasteiger partial charge on any atom is -0.374 e. The van der Waals surface area contributed by atoms with E-state index in [0.29, 0.717) is 18.9 Å². The van der Waals surface area contributed by atoms with Gasteiger partial charge in [0, 0.05) is 13.0 Å². The van der Waals surface area contributed by atoms with Crippen molar-refractivity contribution in [2.24, 2.45) is 4.99 Å². The molecular formula is C21H24N2O2S. The van der Waals surface area contributed by atoms with Gasteiger partial charge in [0.15, 0.2) is 0 Å². The van der Waals surface area contributed by atoms with Gasteiger partial charge in [0.2, 0.25) is 5.91 Å². The molecule has 0 fully saturated rings. The number of benzene rings is 2. The summed E-state index contributed by atoms with van der Waals surface area (Å²) in [6.07, 6.45) is 1.01. The van der Waals surface area contributed by atoms with Crippen LogP contribution in [0.3, 0.4) is 0 Å². The highest BCUT2D eigenvalue weighted by Crippen LogP contribution is 2.29. The van der Waals surface area contributed by atoms with E-state index in [9.17, 15) is 4.79 Å². The van der Waals surface area contributed by atoms with E-state index in [2.05, 4.69) is 16.4 Å². The molecule has 4 nitrogen and oxygen atoms in total. The summed E-state index contributed by atoms with van der Waals surface area (Å²) in [5.74, 6) is 0.408. The van der Waals surface area contributed by atoms with Crippen LogP contribution in [-0.4, -0.2) is 22.8 Å². The predicted molar refractivity (Wildman–Crippen MR) is 108 cm³/mol. The molecule has 1 aliphatic heterocycles. The Kier molecular flexibility index (Phi) is 6.47. The minimum absolute atomic E-state index is 0.0215. The van der Waals surface area contributed by atoms with E-state index in [1.54, 1.807) is 0 Å². The van der Waals surface area contributed by atoms with Gasteiger partial charge in [-0.15, -0.1) is 11.8 Å². The fraction of sp³-hybridized carbons (Fsp3) is 0.333. The van der Waals surface area contributed by atoms with E-state index in [4.69, 9.17) is 4.74 Å². The van der Waals surface area contributed by atoms with Crippen LogP contribution >= 0.6 is 11.8 Å². The normalized spacial score (nSPS) is 12.8. The highest BCUT2D eigenvalue weighted by atomic mass is 32.2. The third kappa shape index (κ3) is 5.19. The fourth-order valence-corrected chi connectivity index (χ4v) is 3.53. The number of rotatable bonds is 7. The fourth-order valence-electron chi connectivity index (χ4n) is 2.71. The Bertz CT molecular complexity index is 802. The lowest BCUT2D eigenvalue weighted by Gasteiger charge is -2.13. The first kappa shape index (κ1) is 18.7. The topological polar surface area (TPSA) is 50.7 Å². The summed E-state index contributed by atoms with van der Waals surface area (Å²) in [4.78, 5) is 16.8. The molecule has 0 saturated heterocycles. The first-order valence-electron chi connectivity index (χ1n) is 8.85. The zero-order valence-electron chi connectivity index (χ0n) is 15.2. The van der Waals surface area contributed by atoms with E-state index in [1.165, 1.54) is 17.3 Å². The quantitative estimate of drug-likeness (QED) is 0.795. The standard InChI is InChI=1S/C21H24N2O2S/c1-15(2)25-13-18-9-4-3-8-17(18)12-22-20(24)14-26-21-11-16-7-5-6-10-19(16)23-21/h3-10,15H,11-14H2,1-2H3,(H,22,24). The van der Waals surface area contributed by atoms with Crippen molar-refractivity contribution in [3.8, 4) is 0 Å². The molecule has 0 bridgehead atoms. The van der Waals surface area contributed by atoms with Crippen LogP contribution in [-0.2, 0) is 29.1 Å². The van der Waals surface area contributed by atoms with Gasteiger partial charge >= 0.3 is 0 Å². The van der Waals surface area contributed by atoms with Gasteiger partial charge in [-0.3, -0.25) is 4.79 Å². The lowest BCUT2D eigenvalue weighted by atomic mass is 10.1. The number of carbonyl (C=O) groups is 1. The van der Waals surface area contributed by atoms with Gasteiger partial charge in [0.25, 0.3) is 0 Å². The summed E-state index contributed by atoms with van der Waals surface area (Å²) in [5, 5.41) is 4.01. The Labute approximate surface area is 159 Å². The molecule has 1 aliphatic rings. The second-order valence-corrected chi connectivity index (χ2v) is 7.55. The molecule has 3 rings (SSSR count). The summed E-state index contributed by atoms with van der Waals surface area (Å²) >= 11 is 1.52. The van der Waals surface area contributed by atoms with Crippen molar-refractivity contribution in [1.29, 1.82) is 0 Å². The van der Waals surface area contributed by atoms with E-state index in [1.807, 2.05) is 56.3 Å². The van der Waals surface area contributed by atoms with Gasteiger partial charge in [0.05, 0.1) is 29.2 Å². The molecule has 0 aliphatic carbocycles. The third-order valence-corrected chi connectivity index (χ3v) is 5.09. The van der Waals surface area contributed by atoms with E-state index >= 15 is 0 Å². The van der Waals surface area contributed by atoms with Crippen LogP contribution in [0.25, 0.3) is 0 Å². The van der Waals surface area contributed by atoms with Gasteiger partial charge in [0.1, 0.15) is 0 Å². The first-order valence-corrected chi connectivity index (χ1v) is 9.83. The SMILES string of the molecule is CC(C)OCc1ccccc1CNC(=O)CSC1=Nc2ccccc2C1. The zero-order chi connectivity index (χ0) is 18.4. The molecule has 0 aromatic heterocycles. The summed E-state index contributed by atoms with van der Waals surface area (Å²) in [6.45, 7) is 5.12. The van der Waals surface area contributed by atoms with Crippen LogP contribution in [0.5, 0.6) is 0 Å². The molecule has 2 aromatic rings. The van der Waals surface area contributed by atoms with Crippen LogP contribution in [0.4, 0.5) is 5.69 Å². The maximum absolute atomic E-state index is 12.2. The van der Waals surface area contributed by atoms with Crippen molar-refractivity contribution in [1.82, 2.24) is 5.32 Å². The number of aliphatic imine (C=N–C) groups is 1. The van der Waals surface area contributed by atoms with Crippen molar-refractivity contribution in [2.75, 3.05) is 5.75 Å². The molecule has 0 atom stereocenters. The van der Waals surface area contributed by atoms with E-state index in [0.717, 1.165) is 28.3 Å². The minimum atomic E-state index is 0.0215. The molecular weight excluding hydrogens is 344 g/mol. The summed E-state index contributed by atoms with van der Waals surface area (Å²) in [6, 6.07) is 16.2. The van der Waals surface area contributed by atoms with E-state index < -0.39 is 0 Å². The molecule has 1 amide bonds. The third-order valence-electron chi connectivity index (χ3n) is 4.11. The summed E-state index contributed by atoms with van der Waals surface area (Å²) in [7, 11) is 0. The number of thioether (sulfide) groups is 1. The van der Waals surface area contributed by atoms with Gasteiger partial charge < -0.3 is 10.1 Å². The average Bonchev–Trinajstić information content (AvgIpc) is 3.06. The number of ether oxygens (including phenoxy) is 1. The number of hydrogen-bond acceptors (Lipinski definition) is 4. The number of nitrogens with one attached hydrogen (secondary N) is 1. The molecule has 1 heterocycles. The van der Waals surface area contributed by atoms with Crippen LogP contribution < -0.4 is 5.32 Å². The molecule has 0 unspecified atom stereocenters. The molecule has 2 aromatic carbocycles. The number of fused-ring (bicyclic) bond motifs is 1. The number of carbonyl (C=O) groups excluding carboxylic acids is 1. The van der Waals surface area contributed by atoms with Crippen molar-refractivity contribution < 1.29 is 9.53 Å². The monoisotopic (exact) mass is 368 g/mol. The van der Waals surface area contributed by atoms with Gasteiger partial charge in [-0.1, -0.05) is 42.5 Å². The van der Waals surface area contributed by atoms with Crippen molar-refractivity contribution >= 4 is 28.4 Å². The van der Waals surface area contributed by atoms with E-state index in [-0.39, 0.29) is 12.0 Å². The Balaban J connectivity index is 1.47. The predicted octanol–water partition coefficient (Wildman–Crippen LogP) is 4.25. The lowest BCUT2D eigenvalue weighted by molar-refractivity contribution is -0.118. The molecule has 136 valence electrons. The van der Waals surface area contributed by atoms with Gasteiger partial charge in [-0.25, -0.2) is 4.99 Å². The molecule has 0 saturated carbocycles. The van der Waals surface area contributed by atoms with Crippen molar-refractivity contribution in [3.05, 3.63) is 65.2 Å². The number of amides is 1. The summed E-state index contributed by atoms with van der Waals surface area (Å²) < 4.78 is 5.69. The molecule has 26 heavy (non-hydrogen) atoms. The Morgan fingerprint density at radius 1 is 1.15 bits per heavy atom. The molecule has 5 heteroatoms. The molecule has 0 spiro atoms. The highest BCUT2D eigenvalue weighted by molar-refractivity contribution is 8.14. The Morgan fingerprint density at radius 3 is 2.65 bits per heavy atom. The Hall–Kier alpha value is -2.11. The first-order chi connectivity index (χ1) is 12.6. The lowest BCUT2D eigenvalue weighted by Crippen LogP contribution is -2.25. The van der Waals surface area contributed by atoms with Gasteiger partial charge in [-0.05, 0) is 36.6 Å². The van der Waals surface area contributed by atoms with Crippen molar-refractivity contribution in [2.45, 2.75) is 39.5 Å². The second-order valence-electron chi connectivity index (χ2n) is 6.50. The largest absolute Gasteiger partial charge is 0.374 e. The van der Waals surface area contributed by atoms with Crippen molar-refractivity contribution in [3.63, 3.8) is 0 Å². The second kappa shape index (κ2) is 9.01. The van der Waals surface area contributed by atoms with Crippen LogP contribution in [0.1, 0.15) is 30.5 Å². The molecule has 0 radical (unpaired) electrons. The molecule has 1 N–H and O–H groups in total. The van der Waals surface area contributed by atoms with Crippen LogP contribution in [0.15, 0.2) is 53.5 Å². The highest BCUT2D eigenvalue weighted by Gasteiger charge is 2.15. The summed E-state index contributed by atoms with van der Waals surface area (Å²) in [5.41, 5.74) is 4.46. The van der Waals surface area contributed by atoms with Crippen LogP contribution in [0.2, 0.25) is 0 Å². The number of para-hydroxylation sites is 1. The zero-order valence-corrected chi connectivity index (χ0v) is 16.0.